The van der Waals surface area contributed by atoms with E-state index in [0.717, 1.165) is 56.7 Å². The molecule has 11 heteroatoms. The quantitative estimate of drug-likeness (QED) is 0.388. The molecule has 1 saturated carbocycles. The largest absolute Gasteiger partial charge is 0.481 e. The molecule has 1 atom stereocenters. The fourth-order valence-electron chi connectivity index (χ4n) is 6.31. The Morgan fingerprint density at radius 3 is 2.75 bits per heavy atom. The third-order valence-electron chi connectivity index (χ3n) is 8.42. The van der Waals surface area contributed by atoms with Crippen LogP contribution in [-0.2, 0) is 4.79 Å². The molecule has 1 aliphatic carbocycles. The minimum atomic E-state index is -0.746. The van der Waals surface area contributed by atoms with Gasteiger partial charge in [-0.2, -0.15) is 0 Å². The van der Waals surface area contributed by atoms with Gasteiger partial charge in [-0.15, -0.1) is 10.2 Å². The van der Waals surface area contributed by atoms with Crippen molar-refractivity contribution in [1.29, 1.82) is 0 Å². The Labute approximate surface area is 232 Å². The summed E-state index contributed by atoms with van der Waals surface area (Å²) in [4.78, 5) is 29.0. The molecule has 1 spiro atoms. The number of hydrogen-bond donors (Lipinski definition) is 1. The highest BCUT2D eigenvalue weighted by Gasteiger charge is 2.50. The van der Waals surface area contributed by atoms with Crippen molar-refractivity contribution in [3.63, 3.8) is 0 Å². The molecule has 2 aromatic heterocycles. The fraction of sp³-hybridized carbons (Fsp3) is 0.517. The molecule has 210 valence electrons. The molecule has 0 amide bonds. The summed E-state index contributed by atoms with van der Waals surface area (Å²) in [5.74, 6) is 0.956. The first kappa shape index (κ1) is 26.5. The summed E-state index contributed by atoms with van der Waals surface area (Å²) >= 11 is 0. The van der Waals surface area contributed by atoms with E-state index in [1.165, 1.54) is 24.8 Å². The van der Waals surface area contributed by atoms with Crippen LogP contribution in [0.2, 0.25) is 0 Å². The Bertz CT molecular complexity index is 1390. The monoisotopic (exact) mass is 547 g/mol. The van der Waals surface area contributed by atoms with Crippen LogP contribution in [0.15, 0.2) is 37.1 Å². The van der Waals surface area contributed by atoms with Gasteiger partial charge < -0.3 is 14.7 Å². The summed E-state index contributed by atoms with van der Waals surface area (Å²) < 4.78 is 20.7. The third-order valence-corrected chi connectivity index (χ3v) is 8.42. The lowest BCUT2D eigenvalue weighted by Gasteiger charge is -2.52. The lowest BCUT2D eigenvalue weighted by molar-refractivity contribution is -0.137. The Morgan fingerprint density at radius 1 is 1.18 bits per heavy atom. The van der Waals surface area contributed by atoms with Gasteiger partial charge in [0.1, 0.15) is 24.2 Å². The molecule has 3 aromatic rings. The molecule has 1 aromatic carbocycles. The fourth-order valence-corrected chi connectivity index (χ4v) is 6.31. The summed E-state index contributed by atoms with van der Waals surface area (Å²) in [5.41, 5.74) is 2.37. The molecule has 10 nitrogen and oxygen atoms in total. The molecule has 0 radical (unpaired) electrons. The highest BCUT2D eigenvalue weighted by atomic mass is 19.1. The van der Waals surface area contributed by atoms with Crippen molar-refractivity contribution < 1.29 is 19.0 Å². The van der Waals surface area contributed by atoms with Crippen LogP contribution >= 0.6 is 0 Å². The van der Waals surface area contributed by atoms with E-state index in [1.54, 1.807) is 12.3 Å². The van der Waals surface area contributed by atoms with E-state index in [1.807, 2.05) is 0 Å². The Morgan fingerprint density at radius 2 is 2.00 bits per heavy atom. The SMILES string of the molecule is CC(C)[C@H](CCC(=O)O)N1CC2(CCN(c3ncnnc3Oc3ccc(F)cc3-c3cncnc3C3CC3)C2)C1. The van der Waals surface area contributed by atoms with E-state index in [2.05, 4.69) is 48.8 Å². The first-order chi connectivity index (χ1) is 19.3. The number of hydrogen-bond acceptors (Lipinski definition) is 9. The molecule has 40 heavy (non-hydrogen) atoms. The molecule has 0 bridgehead atoms. The molecular formula is C29H34FN7O3. The van der Waals surface area contributed by atoms with Crippen molar-refractivity contribution in [2.75, 3.05) is 31.1 Å². The average Bonchev–Trinajstić information content (AvgIpc) is 3.67. The number of halogens is 1. The van der Waals surface area contributed by atoms with Gasteiger partial charge in [-0.1, -0.05) is 13.8 Å². The standard InChI is InChI=1S/C29H34FN7O3/c1-18(2)23(6-8-25(38)39)37-14-29(15-37)9-10-36(13-29)27-28(35-34-17-33-27)40-24-7-5-20(30)11-21(24)22-12-31-16-32-26(22)19-3-4-19/h5,7,11-12,16-19,23H,3-4,6,8-10,13-15H2,1-2H3,(H,38,39)/t23-/m0/s1. The second kappa shape index (κ2) is 10.7. The maximum Gasteiger partial charge on any atom is 0.303 e. The van der Waals surface area contributed by atoms with Crippen LogP contribution in [0.5, 0.6) is 11.6 Å². The van der Waals surface area contributed by atoms with Crippen molar-refractivity contribution in [2.24, 2.45) is 11.3 Å². The van der Waals surface area contributed by atoms with Crippen molar-refractivity contribution in [3.8, 4) is 22.8 Å². The number of carboxylic acid groups (broad SMARTS) is 1. The molecule has 2 saturated heterocycles. The summed E-state index contributed by atoms with van der Waals surface area (Å²) in [7, 11) is 0. The highest BCUT2D eigenvalue weighted by molar-refractivity contribution is 5.73. The lowest BCUT2D eigenvalue weighted by atomic mass is 9.76. The number of carboxylic acids is 1. The second-order valence-corrected chi connectivity index (χ2v) is 11.7. The maximum atomic E-state index is 14.4. The van der Waals surface area contributed by atoms with Crippen molar-refractivity contribution in [1.82, 2.24) is 30.0 Å². The molecule has 0 unspecified atom stereocenters. The minimum absolute atomic E-state index is 0.125. The van der Waals surface area contributed by atoms with Gasteiger partial charge in [-0.3, -0.25) is 9.69 Å². The van der Waals surface area contributed by atoms with Gasteiger partial charge >= 0.3 is 5.97 Å². The number of carbonyl (C=O) groups is 1. The van der Waals surface area contributed by atoms with Gasteiger partial charge in [-0.25, -0.2) is 19.3 Å². The zero-order valence-corrected chi connectivity index (χ0v) is 22.8. The van der Waals surface area contributed by atoms with Gasteiger partial charge in [0.25, 0.3) is 5.88 Å². The molecule has 1 N–H and O–H groups in total. The van der Waals surface area contributed by atoms with Gasteiger partial charge in [0.05, 0.1) is 5.69 Å². The van der Waals surface area contributed by atoms with Gasteiger partial charge in [0.15, 0.2) is 5.82 Å². The second-order valence-electron chi connectivity index (χ2n) is 11.7. The van der Waals surface area contributed by atoms with Crippen LogP contribution in [0.4, 0.5) is 10.2 Å². The number of benzene rings is 1. The zero-order chi connectivity index (χ0) is 27.9. The van der Waals surface area contributed by atoms with E-state index < -0.39 is 5.97 Å². The molecular weight excluding hydrogens is 513 g/mol. The predicted molar refractivity (Wildman–Crippen MR) is 146 cm³/mol. The smallest absolute Gasteiger partial charge is 0.303 e. The summed E-state index contributed by atoms with van der Waals surface area (Å²) in [6, 6.07) is 4.68. The number of anilines is 1. The number of aliphatic carboxylic acids is 1. The Kier molecular flexibility index (Phi) is 7.07. The van der Waals surface area contributed by atoms with Gasteiger partial charge in [0.2, 0.25) is 0 Å². The van der Waals surface area contributed by atoms with Crippen LogP contribution in [-0.4, -0.2) is 73.3 Å². The Hall–Kier alpha value is -3.73. The summed E-state index contributed by atoms with van der Waals surface area (Å²) in [5, 5.41) is 17.4. The van der Waals surface area contributed by atoms with Crippen molar-refractivity contribution >= 4 is 11.8 Å². The van der Waals surface area contributed by atoms with E-state index >= 15 is 0 Å². The van der Waals surface area contributed by atoms with E-state index in [4.69, 9.17) is 4.74 Å². The van der Waals surface area contributed by atoms with Crippen molar-refractivity contribution in [3.05, 3.63) is 48.6 Å². The number of ether oxygens (including phenoxy) is 1. The van der Waals surface area contributed by atoms with E-state index in [0.29, 0.717) is 35.4 Å². The number of aromatic nitrogens is 5. The summed E-state index contributed by atoms with van der Waals surface area (Å²) in [6.07, 6.45) is 8.63. The van der Waals surface area contributed by atoms with E-state index in [-0.39, 0.29) is 29.6 Å². The Balaban J connectivity index is 1.20. The van der Waals surface area contributed by atoms with Crippen LogP contribution in [0.1, 0.15) is 57.6 Å². The van der Waals surface area contributed by atoms with E-state index in [9.17, 15) is 14.3 Å². The third kappa shape index (κ3) is 5.34. The highest BCUT2D eigenvalue weighted by Crippen LogP contribution is 2.47. The number of rotatable bonds is 10. The lowest BCUT2D eigenvalue weighted by Crippen LogP contribution is -2.62. The topological polar surface area (TPSA) is 117 Å². The molecule has 3 fully saturated rings. The van der Waals surface area contributed by atoms with Gasteiger partial charge in [-0.05, 0) is 49.8 Å². The number of nitrogens with zero attached hydrogens (tertiary/aromatic N) is 7. The first-order valence-corrected chi connectivity index (χ1v) is 14.0. The first-order valence-electron chi connectivity index (χ1n) is 14.0. The normalized spacial score (nSPS) is 19.1. The predicted octanol–water partition coefficient (Wildman–Crippen LogP) is 4.54. The zero-order valence-electron chi connectivity index (χ0n) is 22.8. The summed E-state index contributed by atoms with van der Waals surface area (Å²) in [6.45, 7) is 7.79. The van der Waals surface area contributed by atoms with Crippen molar-refractivity contribution in [2.45, 2.75) is 57.9 Å². The number of likely N-dealkylation sites (tertiary alicyclic amines) is 1. The molecule has 3 aliphatic rings. The molecule has 4 heterocycles. The van der Waals surface area contributed by atoms with Crippen LogP contribution in [0.3, 0.4) is 0 Å². The van der Waals surface area contributed by atoms with Crippen LogP contribution in [0, 0.1) is 17.2 Å². The molecule has 6 rings (SSSR count). The van der Waals surface area contributed by atoms with Crippen LogP contribution in [0.25, 0.3) is 11.1 Å². The van der Waals surface area contributed by atoms with Crippen LogP contribution < -0.4 is 9.64 Å². The maximum absolute atomic E-state index is 14.4. The molecule has 2 aliphatic heterocycles. The average molecular weight is 548 g/mol. The van der Waals surface area contributed by atoms with Gasteiger partial charge in [0, 0.05) is 67.3 Å². The minimum Gasteiger partial charge on any atom is -0.481 e.